The second-order valence-corrected chi connectivity index (χ2v) is 4.22. The van der Waals surface area contributed by atoms with Gasteiger partial charge in [0, 0.05) is 12.1 Å². The molecule has 0 heterocycles. The first-order chi connectivity index (χ1) is 9.95. The molecule has 0 aromatic heterocycles. The monoisotopic (exact) mass is 286 g/mol. The van der Waals surface area contributed by atoms with Gasteiger partial charge in [-0.05, 0) is 23.3 Å². The van der Waals surface area contributed by atoms with Crippen molar-refractivity contribution in [2.24, 2.45) is 0 Å². The molecular weight excluding hydrogens is 276 g/mol. The molecule has 0 fully saturated rings. The zero-order valence-corrected chi connectivity index (χ0v) is 10.7. The number of non-ortho nitro benzene ring substituents is 2. The minimum atomic E-state index is -0.676. The van der Waals surface area contributed by atoms with Crippen molar-refractivity contribution in [3.8, 4) is 5.75 Å². The van der Waals surface area contributed by atoms with E-state index in [1.54, 1.807) is 18.2 Å². The number of aromatic hydroxyl groups is 1. The molecule has 2 rings (SSSR count). The number of hydrogen-bond donors (Lipinski definition) is 1. The van der Waals surface area contributed by atoms with E-state index in [-0.39, 0.29) is 17.1 Å². The van der Waals surface area contributed by atoms with Crippen LogP contribution in [0.5, 0.6) is 5.75 Å². The third kappa shape index (κ3) is 3.63. The van der Waals surface area contributed by atoms with Crippen LogP contribution in [0.25, 0.3) is 12.2 Å². The van der Waals surface area contributed by atoms with E-state index >= 15 is 0 Å². The van der Waals surface area contributed by atoms with E-state index in [1.165, 1.54) is 30.3 Å². The van der Waals surface area contributed by atoms with Gasteiger partial charge in [-0.15, -0.1) is 0 Å². The zero-order valence-electron chi connectivity index (χ0n) is 10.7. The first-order valence-electron chi connectivity index (χ1n) is 5.87. The molecule has 0 aliphatic rings. The molecule has 106 valence electrons. The predicted octanol–water partition coefficient (Wildman–Crippen LogP) is 3.38. The third-order valence-corrected chi connectivity index (χ3v) is 2.71. The molecule has 0 radical (unpaired) electrons. The van der Waals surface area contributed by atoms with Crippen molar-refractivity contribution in [2.45, 2.75) is 0 Å². The smallest absolute Gasteiger partial charge is 0.276 e. The molecule has 7 heteroatoms. The summed E-state index contributed by atoms with van der Waals surface area (Å²) in [6, 6.07) is 9.71. The lowest BCUT2D eigenvalue weighted by atomic mass is 10.1. The highest BCUT2D eigenvalue weighted by molar-refractivity contribution is 5.72. The Morgan fingerprint density at radius 1 is 0.810 bits per heavy atom. The highest BCUT2D eigenvalue weighted by Crippen LogP contribution is 2.24. The topological polar surface area (TPSA) is 107 Å². The van der Waals surface area contributed by atoms with Gasteiger partial charge in [-0.3, -0.25) is 20.2 Å². The Morgan fingerprint density at radius 3 is 1.76 bits per heavy atom. The number of nitrogens with zero attached hydrogens (tertiary/aromatic N) is 2. The Morgan fingerprint density at radius 2 is 1.29 bits per heavy atom. The minimum Gasteiger partial charge on any atom is -0.508 e. The lowest BCUT2D eigenvalue weighted by molar-refractivity contribution is -0.394. The van der Waals surface area contributed by atoms with Gasteiger partial charge >= 0.3 is 0 Å². The molecule has 0 unspecified atom stereocenters. The van der Waals surface area contributed by atoms with Gasteiger partial charge in [0.1, 0.15) is 5.75 Å². The largest absolute Gasteiger partial charge is 0.508 e. The Labute approximate surface area is 119 Å². The molecular formula is C14H10N2O5. The fourth-order valence-electron chi connectivity index (χ4n) is 1.70. The Balaban J connectivity index is 2.36. The number of nitro groups is 2. The van der Waals surface area contributed by atoms with Gasteiger partial charge < -0.3 is 5.11 Å². The average molecular weight is 286 g/mol. The molecule has 2 aromatic carbocycles. The van der Waals surface area contributed by atoms with Gasteiger partial charge in [0.25, 0.3) is 11.4 Å². The van der Waals surface area contributed by atoms with Crippen LogP contribution < -0.4 is 0 Å². The van der Waals surface area contributed by atoms with Crippen molar-refractivity contribution in [1.82, 2.24) is 0 Å². The molecule has 0 aliphatic carbocycles. The van der Waals surface area contributed by atoms with Gasteiger partial charge in [0.2, 0.25) is 0 Å². The second kappa shape index (κ2) is 5.83. The highest BCUT2D eigenvalue weighted by atomic mass is 16.6. The summed E-state index contributed by atoms with van der Waals surface area (Å²) in [4.78, 5) is 20.2. The summed E-state index contributed by atoms with van der Waals surface area (Å²) in [5.41, 5.74) is 0.426. The third-order valence-electron chi connectivity index (χ3n) is 2.71. The summed E-state index contributed by atoms with van der Waals surface area (Å²) in [6.45, 7) is 0. The molecule has 0 amide bonds. The number of rotatable bonds is 4. The van der Waals surface area contributed by atoms with Crippen molar-refractivity contribution < 1.29 is 15.0 Å². The lowest BCUT2D eigenvalue weighted by Gasteiger charge is -1.98. The summed E-state index contributed by atoms with van der Waals surface area (Å²) in [7, 11) is 0. The predicted molar refractivity (Wildman–Crippen MR) is 76.8 cm³/mol. The minimum absolute atomic E-state index is 0.123. The SMILES string of the molecule is O=[N+]([O-])c1cc(/C=C/c2ccc(O)cc2)cc([N+](=O)[O-])c1. The van der Waals surface area contributed by atoms with E-state index in [1.807, 2.05) is 0 Å². The van der Waals surface area contributed by atoms with E-state index in [0.717, 1.165) is 11.6 Å². The maximum atomic E-state index is 10.8. The molecule has 0 saturated heterocycles. The molecule has 1 N–H and O–H groups in total. The number of phenolic OH excluding ortho intramolecular Hbond substituents is 1. The van der Waals surface area contributed by atoms with Crippen LogP contribution >= 0.6 is 0 Å². The maximum absolute atomic E-state index is 10.8. The molecule has 0 spiro atoms. The molecule has 2 aromatic rings. The summed E-state index contributed by atoms with van der Waals surface area (Å²) >= 11 is 0. The van der Waals surface area contributed by atoms with Crippen LogP contribution in [0, 0.1) is 20.2 Å². The van der Waals surface area contributed by atoms with Gasteiger partial charge in [-0.1, -0.05) is 24.3 Å². The molecule has 0 saturated carbocycles. The molecule has 0 aliphatic heterocycles. The summed E-state index contributed by atoms with van der Waals surface area (Å²) in [5.74, 6) is 0.123. The number of benzene rings is 2. The van der Waals surface area contributed by atoms with Crippen LogP contribution in [0.15, 0.2) is 42.5 Å². The van der Waals surface area contributed by atoms with E-state index in [0.29, 0.717) is 5.56 Å². The molecule has 0 bridgehead atoms. The second-order valence-electron chi connectivity index (χ2n) is 4.22. The van der Waals surface area contributed by atoms with Crippen molar-refractivity contribution in [3.05, 3.63) is 73.8 Å². The van der Waals surface area contributed by atoms with Crippen LogP contribution in [0.1, 0.15) is 11.1 Å². The zero-order chi connectivity index (χ0) is 15.4. The number of hydrogen-bond acceptors (Lipinski definition) is 5. The highest BCUT2D eigenvalue weighted by Gasteiger charge is 2.15. The fraction of sp³-hybridized carbons (Fsp3) is 0. The van der Waals surface area contributed by atoms with Crippen molar-refractivity contribution in [2.75, 3.05) is 0 Å². The van der Waals surface area contributed by atoms with Gasteiger partial charge in [0.15, 0.2) is 0 Å². The van der Waals surface area contributed by atoms with Crippen LogP contribution in [0.3, 0.4) is 0 Å². The summed E-state index contributed by atoms with van der Waals surface area (Å²) in [6.07, 6.45) is 3.18. The van der Waals surface area contributed by atoms with Gasteiger partial charge in [-0.25, -0.2) is 0 Å². The standard InChI is InChI=1S/C14H10N2O5/c17-14-5-3-10(4-6-14)1-2-11-7-12(15(18)19)9-13(8-11)16(20)21/h1-9,17H/b2-1+. The number of nitro benzene ring substituents is 2. The Kier molecular flexibility index (Phi) is 3.94. The fourth-order valence-corrected chi connectivity index (χ4v) is 1.70. The van der Waals surface area contributed by atoms with Crippen LogP contribution in [-0.2, 0) is 0 Å². The quantitative estimate of drug-likeness (QED) is 0.526. The lowest BCUT2D eigenvalue weighted by Crippen LogP contribution is -1.93. The molecule has 7 nitrogen and oxygen atoms in total. The first-order valence-corrected chi connectivity index (χ1v) is 5.87. The van der Waals surface area contributed by atoms with E-state index in [9.17, 15) is 20.2 Å². The van der Waals surface area contributed by atoms with Crippen LogP contribution in [0.4, 0.5) is 11.4 Å². The van der Waals surface area contributed by atoms with E-state index < -0.39 is 9.85 Å². The average Bonchev–Trinajstić information content (AvgIpc) is 2.46. The van der Waals surface area contributed by atoms with Crippen LogP contribution in [0.2, 0.25) is 0 Å². The van der Waals surface area contributed by atoms with Crippen LogP contribution in [-0.4, -0.2) is 15.0 Å². The van der Waals surface area contributed by atoms with Crippen molar-refractivity contribution in [1.29, 1.82) is 0 Å². The maximum Gasteiger partial charge on any atom is 0.276 e. The Hall–Kier alpha value is -3.22. The first kappa shape index (κ1) is 14.2. The molecule has 21 heavy (non-hydrogen) atoms. The van der Waals surface area contributed by atoms with Crippen molar-refractivity contribution in [3.63, 3.8) is 0 Å². The van der Waals surface area contributed by atoms with Gasteiger partial charge in [0.05, 0.1) is 15.9 Å². The van der Waals surface area contributed by atoms with Crippen molar-refractivity contribution >= 4 is 23.5 Å². The number of phenols is 1. The summed E-state index contributed by atoms with van der Waals surface area (Å²) in [5, 5.41) is 30.7. The van der Waals surface area contributed by atoms with E-state index in [4.69, 9.17) is 5.11 Å². The normalized spacial score (nSPS) is 10.7. The van der Waals surface area contributed by atoms with Gasteiger partial charge in [-0.2, -0.15) is 0 Å². The van der Waals surface area contributed by atoms with E-state index in [2.05, 4.69) is 0 Å². The molecule has 0 atom stereocenters. The summed E-state index contributed by atoms with van der Waals surface area (Å²) < 4.78 is 0. The Bertz CT molecular complexity index is 690.